The second-order valence-electron chi connectivity index (χ2n) is 8.95. The molecule has 1 aromatic rings. The Labute approximate surface area is 204 Å². The first-order valence-corrected chi connectivity index (χ1v) is 11.3. The van der Waals surface area contributed by atoms with Crippen molar-refractivity contribution in [3.05, 3.63) is 23.8 Å². The molecular weight excluding hydrogens is 462 g/mol. The van der Waals surface area contributed by atoms with E-state index in [9.17, 15) is 24.3 Å². The molecule has 0 radical (unpaired) electrons. The fourth-order valence-corrected chi connectivity index (χ4v) is 2.98. The van der Waals surface area contributed by atoms with Crippen molar-refractivity contribution in [1.82, 2.24) is 0 Å². The number of carboxylic acid groups (broad SMARTS) is 1. The molecule has 196 valence electrons. The molecule has 0 aromatic heterocycles. The quantitative estimate of drug-likeness (QED) is 0.245. The molecule has 1 rings (SSSR count). The van der Waals surface area contributed by atoms with Crippen LogP contribution in [0, 0.1) is 11.8 Å². The van der Waals surface area contributed by atoms with Crippen molar-refractivity contribution in [2.75, 3.05) is 13.2 Å². The third-order valence-corrected chi connectivity index (χ3v) is 4.52. The number of hydrogen-bond donors (Lipinski definition) is 2. The highest BCUT2D eigenvalue weighted by molar-refractivity contribution is 5.75. The van der Waals surface area contributed by atoms with Crippen LogP contribution in [0.2, 0.25) is 0 Å². The highest BCUT2D eigenvalue weighted by Crippen LogP contribution is 2.35. The molecule has 0 heterocycles. The predicted molar refractivity (Wildman–Crippen MR) is 124 cm³/mol. The molecular formula is C24H35NO10. The summed E-state index contributed by atoms with van der Waals surface area (Å²) in [4.78, 5) is 47.2. The van der Waals surface area contributed by atoms with Gasteiger partial charge in [0.05, 0.1) is 19.3 Å². The van der Waals surface area contributed by atoms with Crippen molar-refractivity contribution in [2.24, 2.45) is 17.6 Å². The van der Waals surface area contributed by atoms with Crippen LogP contribution < -0.4 is 15.2 Å². The molecule has 3 N–H and O–H groups in total. The molecule has 0 spiro atoms. The van der Waals surface area contributed by atoms with Gasteiger partial charge in [0.15, 0.2) is 11.5 Å². The average Bonchev–Trinajstić information content (AvgIpc) is 2.74. The molecule has 11 heteroatoms. The van der Waals surface area contributed by atoms with Gasteiger partial charge in [-0.15, -0.1) is 0 Å². The van der Waals surface area contributed by atoms with Gasteiger partial charge < -0.3 is 34.5 Å². The Kier molecular flexibility index (Phi) is 12.0. The second-order valence-corrected chi connectivity index (χ2v) is 8.95. The van der Waals surface area contributed by atoms with E-state index in [1.54, 1.807) is 6.92 Å². The van der Waals surface area contributed by atoms with Gasteiger partial charge in [0.2, 0.25) is 0 Å². The molecule has 0 saturated carbocycles. The zero-order valence-electron chi connectivity index (χ0n) is 20.9. The number of ether oxygens (including phenoxy) is 5. The maximum absolute atomic E-state index is 12.2. The summed E-state index contributed by atoms with van der Waals surface area (Å²) in [5, 5.41) is 9.50. The van der Waals surface area contributed by atoms with Crippen molar-refractivity contribution in [3.8, 4) is 11.5 Å². The lowest BCUT2D eigenvalue weighted by Gasteiger charge is -2.25. The Bertz CT molecular complexity index is 883. The molecule has 0 aliphatic carbocycles. The largest absolute Gasteiger partial charge is 0.513 e. The second kappa shape index (κ2) is 14.1. The van der Waals surface area contributed by atoms with E-state index in [-0.39, 0.29) is 43.0 Å². The standard InChI is InChI=1S/C24H35NO10/c1-13(2)11-31-23(29)34-19-8-7-17(10-20(19)35-24(30)32-12-14(3)4)18(21(25)22(27)28)9-15(5)33-16(6)26/h7-8,10,13-15,18,21H,9,11-12,25H2,1-6H3,(H,27,28)/t15?,18?,21-/m0/s1. The average molecular weight is 498 g/mol. The summed E-state index contributed by atoms with van der Waals surface area (Å²) in [6.07, 6.45) is -2.62. The van der Waals surface area contributed by atoms with Crippen LogP contribution in [-0.4, -0.2) is 54.7 Å². The topological polar surface area (TPSA) is 161 Å². The molecule has 1 aromatic carbocycles. The predicted octanol–water partition coefficient (Wildman–Crippen LogP) is 3.87. The Morgan fingerprint density at radius 2 is 1.40 bits per heavy atom. The van der Waals surface area contributed by atoms with Crippen LogP contribution in [-0.2, 0) is 23.8 Å². The van der Waals surface area contributed by atoms with E-state index in [1.807, 2.05) is 27.7 Å². The number of carboxylic acids is 1. The third kappa shape index (κ3) is 11.1. The Hall–Kier alpha value is -3.34. The van der Waals surface area contributed by atoms with Crippen LogP contribution in [0.1, 0.15) is 59.4 Å². The van der Waals surface area contributed by atoms with Crippen molar-refractivity contribution in [3.63, 3.8) is 0 Å². The minimum Gasteiger partial charge on any atom is -0.480 e. The van der Waals surface area contributed by atoms with E-state index in [0.29, 0.717) is 5.56 Å². The smallest absolute Gasteiger partial charge is 0.480 e. The van der Waals surface area contributed by atoms with Gasteiger partial charge in [0, 0.05) is 12.8 Å². The van der Waals surface area contributed by atoms with Gasteiger partial charge in [-0.25, -0.2) is 9.59 Å². The summed E-state index contributed by atoms with van der Waals surface area (Å²) >= 11 is 0. The van der Waals surface area contributed by atoms with Gasteiger partial charge in [-0.2, -0.15) is 0 Å². The molecule has 0 amide bonds. The third-order valence-electron chi connectivity index (χ3n) is 4.52. The number of benzene rings is 1. The molecule has 0 saturated heterocycles. The Balaban J connectivity index is 3.31. The minimum atomic E-state index is -1.36. The van der Waals surface area contributed by atoms with E-state index >= 15 is 0 Å². The molecule has 35 heavy (non-hydrogen) atoms. The van der Waals surface area contributed by atoms with Crippen molar-refractivity contribution < 1.29 is 48.0 Å². The number of rotatable bonds is 12. The van der Waals surface area contributed by atoms with Crippen LogP contribution in [0.15, 0.2) is 18.2 Å². The highest BCUT2D eigenvalue weighted by Gasteiger charge is 2.30. The first kappa shape index (κ1) is 29.7. The van der Waals surface area contributed by atoms with Crippen LogP contribution in [0.4, 0.5) is 9.59 Å². The maximum atomic E-state index is 12.2. The Morgan fingerprint density at radius 3 is 1.86 bits per heavy atom. The molecule has 11 nitrogen and oxygen atoms in total. The van der Waals surface area contributed by atoms with Crippen LogP contribution in [0.25, 0.3) is 0 Å². The lowest BCUT2D eigenvalue weighted by molar-refractivity contribution is -0.146. The summed E-state index contributed by atoms with van der Waals surface area (Å²) in [5.41, 5.74) is 6.27. The lowest BCUT2D eigenvalue weighted by Crippen LogP contribution is -2.38. The number of carbonyl (C=O) groups is 4. The fourth-order valence-electron chi connectivity index (χ4n) is 2.98. The van der Waals surface area contributed by atoms with Gasteiger partial charge in [-0.05, 0) is 42.9 Å². The molecule has 3 atom stereocenters. The van der Waals surface area contributed by atoms with Gasteiger partial charge in [0.25, 0.3) is 0 Å². The zero-order valence-corrected chi connectivity index (χ0v) is 20.9. The van der Waals surface area contributed by atoms with E-state index < -0.39 is 42.3 Å². The normalized spacial score (nSPS) is 13.5. The van der Waals surface area contributed by atoms with Crippen molar-refractivity contribution >= 4 is 24.2 Å². The van der Waals surface area contributed by atoms with Crippen LogP contribution in [0.5, 0.6) is 11.5 Å². The van der Waals surface area contributed by atoms with Crippen LogP contribution >= 0.6 is 0 Å². The molecule has 0 bridgehead atoms. The Morgan fingerprint density at radius 1 is 0.886 bits per heavy atom. The van der Waals surface area contributed by atoms with Gasteiger partial charge in [0.1, 0.15) is 6.04 Å². The van der Waals surface area contributed by atoms with E-state index in [2.05, 4.69) is 0 Å². The summed E-state index contributed by atoms with van der Waals surface area (Å²) < 4.78 is 25.6. The van der Waals surface area contributed by atoms with Gasteiger partial charge >= 0.3 is 24.2 Å². The SMILES string of the molecule is CC(=O)OC(C)CC(c1ccc(OC(=O)OCC(C)C)c(OC(=O)OCC(C)C)c1)[C@H](N)C(=O)O. The summed E-state index contributed by atoms with van der Waals surface area (Å²) in [7, 11) is 0. The van der Waals surface area contributed by atoms with E-state index in [4.69, 9.17) is 29.4 Å². The first-order valence-electron chi connectivity index (χ1n) is 11.3. The number of carbonyl (C=O) groups excluding carboxylic acids is 3. The molecule has 0 fully saturated rings. The van der Waals surface area contributed by atoms with Crippen LogP contribution in [0.3, 0.4) is 0 Å². The van der Waals surface area contributed by atoms with E-state index in [1.165, 1.54) is 25.1 Å². The summed E-state index contributed by atoms with van der Waals surface area (Å²) in [6, 6.07) is 2.77. The molecule has 0 aliphatic heterocycles. The number of esters is 1. The summed E-state index contributed by atoms with van der Waals surface area (Å²) in [6.45, 7) is 10.4. The number of nitrogens with two attached hydrogens (primary N) is 1. The summed E-state index contributed by atoms with van der Waals surface area (Å²) in [5.74, 6) is -2.85. The highest BCUT2D eigenvalue weighted by atomic mass is 16.7. The maximum Gasteiger partial charge on any atom is 0.513 e. The molecule has 0 aliphatic rings. The lowest BCUT2D eigenvalue weighted by atomic mass is 9.87. The molecule has 2 unspecified atom stereocenters. The zero-order chi connectivity index (χ0) is 26.7. The first-order chi connectivity index (χ1) is 16.3. The fraction of sp³-hybridized carbons (Fsp3) is 0.583. The van der Waals surface area contributed by atoms with Gasteiger partial charge in [-0.1, -0.05) is 33.8 Å². The number of aliphatic carboxylic acids is 1. The van der Waals surface area contributed by atoms with Gasteiger partial charge in [-0.3, -0.25) is 9.59 Å². The minimum absolute atomic E-state index is 0.0522. The van der Waals surface area contributed by atoms with Crippen molar-refractivity contribution in [2.45, 2.75) is 66.0 Å². The van der Waals surface area contributed by atoms with Crippen molar-refractivity contribution in [1.29, 1.82) is 0 Å². The number of hydrogen-bond acceptors (Lipinski definition) is 10. The monoisotopic (exact) mass is 497 g/mol. The van der Waals surface area contributed by atoms with E-state index in [0.717, 1.165) is 0 Å².